The molecule has 2 saturated heterocycles. The molecule has 0 aliphatic carbocycles. The minimum atomic E-state index is -3.52. The molecule has 2 fully saturated rings. The van der Waals surface area contributed by atoms with Crippen molar-refractivity contribution in [3.8, 4) is 0 Å². The van der Waals surface area contributed by atoms with Crippen LogP contribution in [0.3, 0.4) is 0 Å². The quantitative estimate of drug-likeness (QED) is 0.583. The zero-order valence-electron chi connectivity index (χ0n) is 19.1. The fourth-order valence-corrected chi connectivity index (χ4v) is 5.28. The van der Waals surface area contributed by atoms with E-state index in [-0.39, 0.29) is 46.1 Å². The van der Waals surface area contributed by atoms with Gasteiger partial charge in [0.2, 0.25) is 5.91 Å². The molecule has 35 heavy (non-hydrogen) atoms. The molecule has 2 aliphatic heterocycles. The van der Waals surface area contributed by atoms with Crippen molar-refractivity contribution in [3.05, 3.63) is 64.2 Å². The number of likely N-dealkylation sites (tertiary alicyclic amines) is 1. The number of rotatable bonds is 6. The van der Waals surface area contributed by atoms with Gasteiger partial charge in [-0.3, -0.25) is 9.59 Å². The van der Waals surface area contributed by atoms with Crippen LogP contribution in [0, 0.1) is 23.5 Å². The topological polar surface area (TPSA) is 92.8 Å². The number of sulfone groups is 1. The Bertz CT molecular complexity index is 1270. The van der Waals surface area contributed by atoms with Crippen molar-refractivity contribution in [1.82, 2.24) is 10.2 Å². The molecule has 4 rings (SSSR count). The van der Waals surface area contributed by atoms with Crippen molar-refractivity contribution in [1.29, 1.82) is 0 Å². The average molecular weight is 527 g/mol. The van der Waals surface area contributed by atoms with Crippen molar-refractivity contribution in [2.45, 2.75) is 30.3 Å². The number of ether oxygens (including phenoxy) is 1. The number of nitrogens with one attached hydrogen (secondary N) is 1. The molecule has 11 heteroatoms. The van der Waals surface area contributed by atoms with Gasteiger partial charge in [0.05, 0.1) is 29.2 Å². The van der Waals surface area contributed by atoms with Crippen molar-refractivity contribution in [2.24, 2.45) is 11.8 Å². The summed E-state index contributed by atoms with van der Waals surface area (Å²) in [4.78, 5) is 28.1. The zero-order chi connectivity index (χ0) is 25.5. The minimum absolute atomic E-state index is 0.00174. The van der Waals surface area contributed by atoms with Gasteiger partial charge in [0, 0.05) is 29.8 Å². The summed E-state index contributed by atoms with van der Waals surface area (Å²) in [7, 11) is -3.52. The summed E-state index contributed by atoms with van der Waals surface area (Å²) in [6, 6.07) is 5.76. The average Bonchev–Trinajstić information content (AvgIpc) is 3.15. The van der Waals surface area contributed by atoms with Gasteiger partial charge in [-0.05, 0) is 42.7 Å². The van der Waals surface area contributed by atoms with Gasteiger partial charge in [-0.25, -0.2) is 17.2 Å². The molecule has 1 N–H and O–H groups in total. The molecule has 2 heterocycles. The summed E-state index contributed by atoms with van der Waals surface area (Å²) in [5.41, 5.74) is 0.105. The molecule has 0 aromatic heterocycles. The van der Waals surface area contributed by atoms with Crippen LogP contribution in [-0.4, -0.2) is 57.2 Å². The molecule has 0 radical (unpaired) electrons. The van der Waals surface area contributed by atoms with Crippen LogP contribution in [0.2, 0.25) is 5.02 Å². The lowest BCUT2D eigenvalue weighted by atomic mass is 9.90. The Morgan fingerprint density at radius 1 is 1.17 bits per heavy atom. The first-order valence-corrected chi connectivity index (χ1v) is 13.4. The van der Waals surface area contributed by atoms with Crippen LogP contribution in [0.25, 0.3) is 0 Å². The van der Waals surface area contributed by atoms with Gasteiger partial charge < -0.3 is 15.0 Å². The summed E-state index contributed by atoms with van der Waals surface area (Å²) in [6.07, 6.45) is 1.42. The number of benzene rings is 2. The summed E-state index contributed by atoms with van der Waals surface area (Å²) in [5.74, 6) is -2.81. The molecule has 2 aromatic rings. The number of hydrogen-bond donors (Lipinski definition) is 1. The predicted molar refractivity (Wildman–Crippen MR) is 125 cm³/mol. The maximum Gasteiger partial charge on any atom is 0.254 e. The van der Waals surface area contributed by atoms with E-state index in [0.29, 0.717) is 13.0 Å². The Balaban J connectivity index is 1.60. The summed E-state index contributed by atoms with van der Waals surface area (Å²) < 4.78 is 57.9. The van der Waals surface area contributed by atoms with Gasteiger partial charge in [0.25, 0.3) is 5.91 Å². The third kappa shape index (κ3) is 5.34. The van der Waals surface area contributed by atoms with Crippen LogP contribution in [0.4, 0.5) is 8.78 Å². The first kappa shape index (κ1) is 25.5. The molecule has 0 saturated carbocycles. The molecule has 3 atom stereocenters. The van der Waals surface area contributed by atoms with Crippen molar-refractivity contribution in [2.75, 3.05) is 26.0 Å². The Morgan fingerprint density at radius 3 is 2.51 bits per heavy atom. The summed E-state index contributed by atoms with van der Waals surface area (Å²) in [5, 5.41) is 2.44. The Labute approximate surface area is 207 Å². The minimum Gasteiger partial charge on any atom is -0.381 e. The van der Waals surface area contributed by atoms with E-state index in [1.54, 1.807) is 0 Å². The summed E-state index contributed by atoms with van der Waals surface area (Å²) >= 11 is 5.69. The molecular weight excluding hydrogens is 502 g/mol. The number of halogens is 3. The highest BCUT2D eigenvalue weighted by molar-refractivity contribution is 7.90. The van der Waals surface area contributed by atoms with E-state index in [0.717, 1.165) is 18.4 Å². The highest BCUT2D eigenvalue weighted by Gasteiger charge is 2.41. The lowest BCUT2D eigenvalue weighted by Gasteiger charge is -2.36. The molecule has 2 aliphatic rings. The van der Waals surface area contributed by atoms with Gasteiger partial charge >= 0.3 is 0 Å². The Hall–Kier alpha value is -2.56. The monoisotopic (exact) mass is 526 g/mol. The number of nitrogens with zero attached hydrogens (tertiary/aromatic N) is 1. The van der Waals surface area contributed by atoms with E-state index >= 15 is 0 Å². The second kappa shape index (κ2) is 9.83. The van der Waals surface area contributed by atoms with E-state index in [1.807, 2.05) is 6.92 Å². The van der Waals surface area contributed by atoms with Crippen LogP contribution in [-0.2, 0) is 19.4 Å². The highest BCUT2D eigenvalue weighted by atomic mass is 35.5. The van der Waals surface area contributed by atoms with Crippen molar-refractivity contribution < 1.29 is 31.5 Å². The number of amides is 2. The van der Waals surface area contributed by atoms with E-state index in [1.165, 1.54) is 29.2 Å². The summed E-state index contributed by atoms with van der Waals surface area (Å²) in [6.45, 7) is 2.71. The van der Waals surface area contributed by atoms with Crippen LogP contribution in [0.15, 0.2) is 41.3 Å². The number of carbonyl (C=O) groups is 2. The second-order valence-corrected chi connectivity index (χ2v) is 11.6. The van der Waals surface area contributed by atoms with Crippen LogP contribution in [0.1, 0.15) is 35.3 Å². The molecule has 2 aromatic carbocycles. The standard InChI is InChI=1S/C24H25ClF2N2O5S/c1-13-6-21(29(10-13)24(31)14-4-3-5-16(7-14)35(2,32)33)23(30)28-22(15-11-34-12-15)17-8-20(27)18(25)9-19(17)26/h3-5,7-9,13,15,21-22H,6,10-12H2,1-2H3,(H,28,30)/t13-,21-,22-/m1/s1. The van der Waals surface area contributed by atoms with Crippen LogP contribution in [0.5, 0.6) is 0 Å². The fraction of sp³-hybridized carbons (Fsp3) is 0.417. The SMILES string of the molecule is C[C@@H]1C[C@H](C(=O)N[C@@H](c2cc(F)c(Cl)cc2F)C2COC2)N(C(=O)c2cccc(S(C)(=O)=O)c2)C1. The molecule has 0 bridgehead atoms. The van der Waals surface area contributed by atoms with Gasteiger partial charge in [0.15, 0.2) is 9.84 Å². The predicted octanol–water partition coefficient (Wildman–Crippen LogP) is 3.38. The third-order valence-electron chi connectivity index (χ3n) is 6.39. The smallest absolute Gasteiger partial charge is 0.254 e. The van der Waals surface area contributed by atoms with E-state index in [9.17, 15) is 26.8 Å². The van der Waals surface area contributed by atoms with Gasteiger partial charge in [-0.15, -0.1) is 0 Å². The largest absolute Gasteiger partial charge is 0.381 e. The van der Waals surface area contributed by atoms with E-state index in [4.69, 9.17) is 16.3 Å². The molecular formula is C24H25ClF2N2O5S. The van der Waals surface area contributed by atoms with Crippen LogP contribution >= 0.6 is 11.6 Å². The van der Waals surface area contributed by atoms with E-state index in [2.05, 4.69) is 5.32 Å². The zero-order valence-corrected chi connectivity index (χ0v) is 20.7. The van der Waals surface area contributed by atoms with Crippen molar-refractivity contribution in [3.63, 3.8) is 0 Å². The number of carbonyl (C=O) groups excluding carboxylic acids is 2. The van der Waals surface area contributed by atoms with Gasteiger partial charge in [0.1, 0.15) is 17.7 Å². The second-order valence-electron chi connectivity index (χ2n) is 9.19. The van der Waals surface area contributed by atoms with Crippen LogP contribution < -0.4 is 5.32 Å². The van der Waals surface area contributed by atoms with Crippen molar-refractivity contribution >= 4 is 33.3 Å². The van der Waals surface area contributed by atoms with Gasteiger partial charge in [-0.2, -0.15) is 0 Å². The van der Waals surface area contributed by atoms with Gasteiger partial charge in [-0.1, -0.05) is 24.6 Å². The fourth-order valence-electron chi connectivity index (χ4n) is 4.47. The molecule has 188 valence electrons. The first-order chi connectivity index (χ1) is 16.5. The third-order valence-corrected chi connectivity index (χ3v) is 7.79. The van der Waals surface area contributed by atoms with E-state index < -0.39 is 45.4 Å². The Kier molecular flexibility index (Phi) is 7.17. The maximum atomic E-state index is 14.7. The first-order valence-electron chi connectivity index (χ1n) is 11.1. The normalized spacial score (nSPS) is 21.5. The molecule has 0 spiro atoms. The number of hydrogen-bond acceptors (Lipinski definition) is 5. The molecule has 7 nitrogen and oxygen atoms in total. The lowest BCUT2D eigenvalue weighted by molar-refractivity contribution is -0.128. The Morgan fingerprint density at radius 2 is 1.89 bits per heavy atom. The molecule has 0 unspecified atom stereocenters. The maximum absolute atomic E-state index is 14.7. The molecule has 2 amide bonds. The lowest BCUT2D eigenvalue weighted by Crippen LogP contribution is -2.50. The highest BCUT2D eigenvalue weighted by Crippen LogP contribution is 2.33.